The van der Waals surface area contributed by atoms with Gasteiger partial charge in [0.25, 0.3) is 0 Å². The van der Waals surface area contributed by atoms with Crippen molar-refractivity contribution in [2.75, 3.05) is 14.1 Å². The average Bonchev–Trinajstić information content (AvgIpc) is 2.30. The molecule has 60 valence electrons. The normalized spacial score (nSPS) is 40.5. The molecule has 0 heterocycles. The lowest BCUT2D eigenvalue weighted by Crippen LogP contribution is -2.29. The molecule has 0 aliphatic heterocycles. The number of hydrogen-bond donors (Lipinski definition) is 2. The van der Waals surface area contributed by atoms with E-state index < -0.39 is 0 Å². The van der Waals surface area contributed by atoms with Gasteiger partial charge >= 0.3 is 0 Å². The Morgan fingerprint density at radius 3 is 2.10 bits per heavy atom. The van der Waals surface area contributed by atoms with Crippen molar-refractivity contribution in [1.82, 2.24) is 10.6 Å². The van der Waals surface area contributed by atoms with E-state index in [0.29, 0.717) is 0 Å². The van der Waals surface area contributed by atoms with Crippen LogP contribution in [0.4, 0.5) is 0 Å². The van der Waals surface area contributed by atoms with Gasteiger partial charge in [-0.3, -0.25) is 0 Å². The first kappa shape index (κ1) is 8.02. The molecule has 2 N–H and O–H groups in total. The fourth-order valence-corrected chi connectivity index (χ4v) is 1.89. The monoisotopic (exact) mass is 142 g/mol. The third kappa shape index (κ3) is 1.50. The molecule has 0 spiro atoms. The van der Waals surface area contributed by atoms with Crippen LogP contribution in [0, 0.1) is 5.92 Å². The molecule has 0 radical (unpaired) electrons. The zero-order chi connectivity index (χ0) is 7.56. The molecule has 3 unspecified atom stereocenters. The first-order chi connectivity index (χ1) is 4.77. The highest BCUT2D eigenvalue weighted by atomic mass is 14.9. The van der Waals surface area contributed by atoms with Crippen LogP contribution in [0.25, 0.3) is 0 Å². The summed E-state index contributed by atoms with van der Waals surface area (Å²) in [5.74, 6) is 0.836. The molecule has 2 nitrogen and oxygen atoms in total. The zero-order valence-corrected chi connectivity index (χ0v) is 7.15. The molecule has 1 rings (SSSR count). The Labute approximate surface area is 63.4 Å². The summed E-state index contributed by atoms with van der Waals surface area (Å²) >= 11 is 0. The van der Waals surface area contributed by atoms with Crippen LogP contribution < -0.4 is 10.6 Å². The number of hydrogen-bond acceptors (Lipinski definition) is 2. The van der Waals surface area contributed by atoms with Crippen molar-refractivity contribution in [3.63, 3.8) is 0 Å². The molecule has 0 aromatic carbocycles. The molecule has 0 bridgehead atoms. The first-order valence-corrected chi connectivity index (χ1v) is 4.12. The smallest absolute Gasteiger partial charge is 0.0105 e. The molecule has 1 aliphatic carbocycles. The van der Waals surface area contributed by atoms with Gasteiger partial charge in [-0.25, -0.2) is 0 Å². The molecule has 0 aromatic rings. The van der Waals surface area contributed by atoms with E-state index >= 15 is 0 Å². The Morgan fingerprint density at radius 2 is 1.80 bits per heavy atom. The summed E-state index contributed by atoms with van der Waals surface area (Å²) in [5.41, 5.74) is 0. The fourth-order valence-electron chi connectivity index (χ4n) is 1.89. The second kappa shape index (κ2) is 3.35. The van der Waals surface area contributed by atoms with Gasteiger partial charge in [-0.1, -0.05) is 6.92 Å². The van der Waals surface area contributed by atoms with E-state index in [-0.39, 0.29) is 0 Å². The van der Waals surface area contributed by atoms with E-state index in [0.717, 1.165) is 18.0 Å². The molecule has 1 aliphatic rings. The maximum absolute atomic E-state index is 3.34. The average molecular weight is 142 g/mol. The van der Waals surface area contributed by atoms with Crippen LogP contribution in [0.15, 0.2) is 0 Å². The topological polar surface area (TPSA) is 24.1 Å². The Bertz CT molecular complexity index is 103. The molecular weight excluding hydrogens is 124 g/mol. The third-order valence-electron chi connectivity index (χ3n) is 2.66. The van der Waals surface area contributed by atoms with Crippen molar-refractivity contribution < 1.29 is 0 Å². The van der Waals surface area contributed by atoms with E-state index in [4.69, 9.17) is 0 Å². The highest BCUT2D eigenvalue weighted by Gasteiger charge is 2.28. The summed E-state index contributed by atoms with van der Waals surface area (Å²) in [7, 11) is 4.11. The lowest BCUT2D eigenvalue weighted by atomic mass is 10.1. The van der Waals surface area contributed by atoms with Gasteiger partial charge in [0.05, 0.1) is 0 Å². The minimum absolute atomic E-state index is 0.734. The zero-order valence-electron chi connectivity index (χ0n) is 7.15. The molecule has 2 heteroatoms. The van der Waals surface area contributed by atoms with Crippen LogP contribution >= 0.6 is 0 Å². The van der Waals surface area contributed by atoms with Crippen molar-refractivity contribution in [3.8, 4) is 0 Å². The van der Waals surface area contributed by atoms with Crippen LogP contribution in [0.2, 0.25) is 0 Å². The van der Waals surface area contributed by atoms with Crippen LogP contribution in [-0.4, -0.2) is 26.2 Å². The Balaban J connectivity index is 2.36. The van der Waals surface area contributed by atoms with Crippen molar-refractivity contribution >= 4 is 0 Å². The van der Waals surface area contributed by atoms with E-state index in [1.54, 1.807) is 0 Å². The third-order valence-corrected chi connectivity index (χ3v) is 2.66. The summed E-state index contributed by atoms with van der Waals surface area (Å²) < 4.78 is 0. The highest BCUT2D eigenvalue weighted by molar-refractivity contribution is 4.88. The Morgan fingerprint density at radius 1 is 1.10 bits per heavy atom. The molecule has 1 fully saturated rings. The van der Waals surface area contributed by atoms with Gasteiger partial charge in [0.2, 0.25) is 0 Å². The van der Waals surface area contributed by atoms with E-state index in [1.807, 2.05) is 0 Å². The minimum Gasteiger partial charge on any atom is -0.317 e. The van der Waals surface area contributed by atoms with E-state index in [9.17, 15) is 0 Å². The summed E-state index contributed by atoms with van der Waals surface area (Å²) in [5, 5.41) is 6.66. The summed E-state index contributed by atoms with van der Waals surface area (Å²) in [4.78, 5) is 0. The second-order valence-corrected chi connectivity index (χ2v) is 3.33. The molecule has 0 amide bonds. The predicted octanol–water partition coefficient (Wildman–Crippen LogP) is 0.592. The molecule has 0 aromatic heterocycles. The largest absolute Gasteiger partial charge is 0.317 e. The van der Waals surface area contributed by atoms with Crippen molar-refractivity contribution in [3.05, 3.63) is 0 Å². The van der Waals surface area contributed by atoms with Gasteiger partial charge in [-0.05, 0) is 32.9 Å². The van der Waals surface area contributed by atoms with E-state index in [2.05, 4.69) is 31.7 Å². The van der Waals surface area contributed by atoms with Crippen LogP contribution in [0.1, 0.15) is 19.8 Å². The maximum atomic E-state index is 3.34. The highest BCUT2D eigenvalue weighted by Crippen LogP contribution is 2.24. The molecular formula is C8H18N2. The molecule has 0 saturated heterocycles. The Hall–Kier alpha value is -0.0800. The van der Waals surface area contributed by atoms with E-state index in [1.165, 1.54) is 12.8 Å². The van der Waals surface area contributed by atoms with Crippen molar-refractivity contribution in [2.24, 2.45) is 5.92 Å². The lowest BCUT2D eigenvalue weighted by molar-refractivity contribution is 0.459. The van der Waals surface area contributed by atoms with Crippen LogP contribution in [0.3, 0.4) is 0 Å². The van der Waals surface area contributed by atoms with Gasteiger partial charge < -0.3 is 10.6 Å². The fraction of sp³-hybridized carbons (Fsp3) is 1.00. The van der Waals surface area contributed by atoms with Gasteiger partial charge in [0, 0.05) is 12.1 Å². The molecule has 3 atom stereocenters. The standard InChI is InChI=1S/C8H18N2/c1-6-4-7(9-2)5-8(6)10-3/h6-10H,4-5H2,1-3H3. The molecule has 10 heavy (non-hydrogen) atoms. The van der Waals surface area contributed by atoms with Crippen LogP contribution in [0.5, 0.6) is 0 Å². The van der Waals surface area contributed by atoms with Gasteiger partial charge in [0.15, 0.2) is 0 Å². The summed E-state index contributed by atoms with van der Waals surface area (Å²) in [6.07, 6.45) is 2.61. The second-order valence-electron chi connectivity index (χ2n) is 3.33. The lowest BCUT2D eigenvalue weighted by Gasteiger charge is -2.12. The predicted molar refractivity (Wildman–Crippen MR) is 44.1 cm³/mol. The Kier molecular flexibility index (Phi) is 2.69. The summed E-state index contributed by atoms with van der Waals surface area (Å²) in [6.45, 7) is 2.32. The minimum atomic E-state index is 0.734. The van der Waals surface area contributed by atoms with Gasteiger partial charge in [-0.2, -0.15) is 0 Å². The van der Waals surface area contributed by atoms with Crippen LogP contribution in [-0.2, 0) is 0 Å². The van der Waals surface area contributed by atoms with Gasteiger partial charge in [0.1, 0.15) is 0 Å². The quantitative estimate of drug-likeness (QED) is 0.590. The van der Waals surface area contributed by atoms with Crippen molar-refractivity contribution in [1.29, 1.82) is 0 Å². The number of rotatable bonds is 2. The maximum Gasteiger partial charge on any atom is 0.0105 e. The molecule has 1 saturated carbocycles. The van der Waals surface area contributed by atoms with Gasteiger partial charge in [-0.15, -0.1) is 0 Å². The number of nitrogens with one attached hydrogen (secondary N) is 2. The SMILES string of the molecule is CNC1CC(C)C(NC)C1. The summed E-state index contributed by atoms with van der Waals surface area (Å²) in [6, 6.07) is 1.48. The first-order valence-electron chi connectivity index (χ1n) is 4.12. The van der Waals surface area contributed by atoms with Crippen molar-refractivity contribution in [2.45, 2.75) is 31.8 Å².